The van der Waals surface area contributed by atoms with Crippen LogP contribution in [-0.4, -0.2) is 62.7 Å². The van der Waals surface area contributed by atoms with E-state index in [-0.39, 0.29) is 5.91 Å². The fourth-order valence-corrected chi connectivity index (χ4v) is 3.83. The molecule has 28 heavy (non-hydrogen) atoms. The van der Waals surface area contributed by atoms with Crippen LogP contribution in [-0.2, 0) is 4.79 Å². The van der Waals surface area contributed by atoms with E-state index in [1.165, 1.54) is 0 Å². The van der Waals surface area contributed by atoms with Gasteiger partial charge >= 0.3 is 0 Å². The van der Waals surface area contributed by atoms with Crippen LogP contribution in [0.15, 0.2) is 42.5 Å². The van der Waals surface area contributed by atoms with Crippen molar-refractivity contribution in [3.05, 3.63) is 58.6 Å². The van der Waals surface area contributed by atoms with Crippen LogP contribution in [0.5, 0.6) is 5.75 Å². The molecule has 1 amide bonds. The molecule has 0 unspecified atom stereocenters. The zero-order chi connectivity index (χ0) is 19.7. The van der Waals surface area contributed by atoms with Gasteiger partial charge in [0.1, 0.15) is 5.75 Å². The first-order valence-electron chi connectivity index (χ1n) is 9.43. The number of hydrogen-bond donors (Lipinski definition) is 0. The number of halogens is 1. The molecule has 4 rings (SSSR count). The first-order chi connectivity index (χ1) is 13.5. The van der Waals surface area contributed by atoms with Crippen molar-refractivity contribution in [3.63, 3.8) is 0 Å². The average molecular weight is 398 g/mol. The Hall–Kier alpha value is -2.34. The topological polar surface area (TPSA) is 36.0 Å². The molecule has 0 bridgehead atoms. The Morgan fingerprint density at radius 2 is 1.79 bits per heavy atom. The second-order valence-corrected chi connectivity index (χ2v) is 7.72. The van der Waals surface area contributed by atoms with E-state index in [0.717, 1.165) is 48.7 Å². The van der Waals surface area contributed by atoms with Crippen LogP contribution in [0.1, 0.15) is 11.1 Å². The molecule has 0 saturated carbocycles. The number of carbonyl (C=O) groups excluding carboxylic acids is 1. The Kier molecular flexibility index (Phi) is 5.40. The van der Waals surface area contributed by atoms with Gasteiger partial charge in [-0.1, -0.05) is 29.8 Å². The van der Waals surface area contributed by atoms with E-state index in [1.807, 2.05) is 53.4 Å². The van der Waals surface area contributed by atoms with Gasteiger partial charge in [0, 0.05) is 42.3 Å². The second-order valence-electron chi connectivity index (χ2n) is 7.29. The van der Waals surface area contributed by atoms with Crippen molar-refractivity contribution in [3.8, 4) is 5.75 Å². The molecule has 2 aliphatic rings. The fourth-order valence-electron chi connectivity index (χ4n) is 3.66. The standard InChI is InChI=1S/C22H24ClN3O2/c1-24-9-11-25(12-10-24)15-26-21-14-17(23)5-8-19(21)20(22(26)27)13-16-3-6-18(28-2)7-4-16/h3-8,13-14H,9-12,15H2,1-2H3/b20-13-. The third-order valence-electron chi connectivity index (χ3n) is 5.38. The summed E-state index contributed by atoms with van der Waals surface area (Å²) in [4.78, 5) is 19.8. The Bertz CT molecular complexity index is 902. The van der Waals surface area contributed by atoms with Crippen LogP contribution in [0.2, 0.25) is 5.02 Å². The number of fused-ring (bicyclic) bond motifs is 1. The third-order valence-corrected chi connectivity index (χ3v) is 5.62. The molecule has 2 heterocycles. The molecule has 0 radical (unpaired) electrons. The molecule has 2 aliphatic heterocycles. The van der Waals surface area contributed by atoms with Gasteiger partial charge in [0.25, 0.3) is 5.91 Å². The predicted octanol–water partition coefficient (Wildman–Crippen LogP) is 3.44. The van der Waals surface area contributed by atoms with Crippen molar-refractivity contribution >= 4 is 34.8 Å². The van der Waals surface area contributed by atoms with Gasteiger partial charge in [0.15, 0.2) is 0 Å². The lowest BCUT2D eigenvalue weighted by atomic mass is 10.0. The lowest BCUT2D eigenvalue weighted by Crippen LogP contribution is -2.49. The monoisotopic (exact) mass is 397 g/mol. The van der Waals surface area contributed by atoms with Crippen LogP contribution in [0.25, 0.3) is 11.6 Å². The summed E-state index contributed by atoms with van der Waals surface area (Å²) < 4.78 is 5.22. The summed E-state index contributed by atoms with van der Waals surface area (Å²) in [6.07, 6.45) is 1.94. The normalized spacial score (nSPS) is 19.3. The van der Waals surface area contributed by atoms with Crippen molar-refractivity contribution in [2.75, 3.05) is 51.9 Å². The largest absolute Gasteiger partial charge is 0.497 e. The number of rotatable bonds is 4. The number of likely N-dealkylation sites (N-methyl/N-ethyl adjacent to an activating group) is 1. The highest BCUT2D eigenvalue weighted by Crippen LogP contribution is 2.39. The fraction of sp³-hybridized carbons (Fsp3) is 0.318. The summed E-state index contributed by atoms with van der Waals surface area (Å²) in [5, 5.41) is 0.639. The summed E-state index contributed by atoms with van der Waals surface area (Å²) >= 11 is 6.25. The lowest BCUT2D eigenvalue weighted by Gasteiger charge is -2.34. The first-order valence-corrected chi connectivity index (χ1v) is 9.81. The smallest absolute Gasteiger partial charge is 0.260 e. The molecule has 0 aromatic heterocycles. The van der Waals surface area contributed by atoms with Gasteiger partial charge in [-0.15, -0.1) is 0 Å². The average Bonchev–Trinajstić information content (AvgIpc) is 2.95. The van der Waals surface area contributed by atoms with E-state index in [2.05, 4.69) is 16.8 Å². The minimum absolute atomic E-state index is 0.0204. The number of nitrogens with zero attached hydrogens (tertiary/aromatic N) is 3. The number of hydrogen-bond acceptors (Lipinski definition) is 4. The van der Waals surface area contributed by atoms with Gasteiger partial charge in [0.2, 0.25) is 0 Å². The highest BCUT2D eigenvalue weighted by atomic mass is 35.5. The van der Waals surface area contributed by atoms with E-state index < -0.39 is 0 Å². The Labute approximate surface area is 170 Å². The number of carbonyl (C=O) groups is 1. The van der Waals surface area contributed by atoms with Gasteiger partial charge in [-0.3, -0.25) is 14.6 Å². The molecule has 1 fully saturated rings. The molecule has 1 saturated heterocycles. The molecule has 0 aliphatic carbocycles. The molecule has 0 spiro atoms. The molecular formula is C22H24ClN3O2. The molecule has 146 valence electrons. The van der Waals surface area contributed by atoms with Gasteiger partial charge in [-0.2, -0.15) is 0 Å². The molecule has 2 aromatic carbocycles. The number of ether oxygens (including phenoxy) is 1. The number of amides is 1. The predicted molar refractivity (Wildman–Crippen MR) is 114 cm³/mol. The maximum Gasteiger partial charge on any atom is 0.260 e. The van der Waals surface area contributed by atoms with Gasteiger partial charge in [-0.05, 0) is 43.0 Å². The highest BCUT2D eigenvalue weighted by molar-refractivity contribution is 6.37. The molecule has 2 aromatic rings. The van der Waals surface area contributed by atoms with Crippen LogP contribution in [0, 0.1) is 0 Å². The molecule has 6 heteroatoms. The zero-order valence-electron chi connectivity index (χ0n) is 16.2. The van der Waals surface area contributed by atoms with Crippen molar-refractivity contribution < 1.29 is 9.53 Å². The van der Waals surface area contributed by atoms with Gasteiger partial charge < -0.3 is 9.64 Å². The number of anilines is 1. The first kappa shape index (κ1) is 19.0. The Morgan fingerprint density at radius 3 is 2.46 bits per heavy atom. The summed E-state index contributed by atoms with van der Waals surface area (Å²) in [6.45, 7) is 4.51. The second kappa shape index (κ2) is 7.95. The molecular weight excluding hydrogens is 374 g/mol. The number of benzene rings is 2. The molecule has 0 N–H and O–H groups in total. The Morgan fingerprint density at radius 1 is 1.07 bits per heavy atom. The highest BCUT2D eigenvalue weighted by Gasteiger charge is 2.34. The SMILES string of the molecule is COc1ccc(/C=C2\C(=O)N(CN3CCN(C)CC3)c3cc(Cl)ccc32)cc1. The van der Waals surface area contributed by atoms with E-state index in [1.54, 1.807) is 7.11 Å². The quantitative estimate of drug-likeness (QED) is 0.740. The van der Waals surface area contributed by atoms with E-state index in [0.29, 0.717) is 17.3 Å². The lowest BCUT2D eigenvalue weighted by molar-refractivity contribution is -0.113. The maximum absolute atomic E-state index is 13.3. The molecule has 5 nitrogen and oxygen atoms in total. The van der Waals surface area contributed by atoms with E-state index >= 15 is 0 Å². The van der Waals surface area contributed by atoms with Crippen LogP contribution >= 0.6 is 11.6 Å². The summed E-state index contributed by atoms with van der Waals surface area (Å²) in [5.74, 6) is 0.816. The van der Waals surface area contributed by atoms with Crippen molar-refractivity contribution in [1.82, 2.24) is 9.80 Å². The third kappa shape index (κ3) is 3.78. The number of methoxy groups -OCH3 is 1. The minimum Gasteiger partial charge on any atom is -0.497 e. The van der Waals surface area contributed by atoms with Crippen molar-refractivity contribution in [2.45, 2.75) is 0 Å². The summed E-state index contributed by atoms with van der Waals surface area (Å²) in [6, 6.07) is 13.4. The summed E-state index contributed by atoms with van der Waals surface area (Å²) in [5.41, 5.74) is 3.48. The van der Waals surface area contributed by atoms with Gasteiger partial charge in [-0.25, -0.2) is 0 Å². The van der Waals surface area contributed by atoms with Crippen LogP contribution in [0.3, 0.4) is 0 Å². The van der Waals surface area contributed by atoms with E-state index in [9.17, 15) is 4.79 Å². The van der Waals surface area contributed by atoms with Crippen LogP contribution < -0.4 is 9.64 Å². The zero-order valence-corrected chi connectivity index (χ0v) is 16.9. The maximum atomic E-state index is 13.3. The van der Waals surface area contributed by atoms with E-state index in [4.69, 9.17) is 16.3 Å². The van der Waals surface area contributed by atoms with Gasteiger partial charge in [0.05, 0.1) is 19.5 Å². The minimum atomic E-state index is 0.0204. The van der Waals surface area contributed by atoms with Crippen molar-refractivity contribution in [1.29, 1.82) is 0 Å². The molecule has 0 atom stereocenters. The van der Waals surface area contributed by atoms with Crippen LogP contribution in [0.4, 0.5) is 5.69 Å². The summed E-state index contributed by atoms with van der Waals surface area (Å²) in [7, 11) is 3.77. The van der Waals surface area contributed by atoms with Crippen molar-refractivity contribution in [2.24, 2.45) is 0 Å². The Balaban J connectivity index is 1.65. The number of piperazine rings is 1.